The Balaban J connectivity index is 2.49. The van der Waals surface area contributed by atoms with E-state index in [2.05, 4.69) is 10.6 Å². The minimum atomic E-state index is 0.646. The SMILES string of the molecule is C[N+](=C1NCCN1)c1c(Cl)cccc1Cl. The molecule has 15 heavy (non-hydrogen) atoms. The lowest BCUT2D eigenvalue weighted by molar-refractivity contribution is -0.408. The maximum atomic E-state index is 6.11. The molecule has 1 saturated heterocycles. The van der Waals surface area contributed by atoms with Crippen molar-refractivity contribution in [2.45, 2.75) is 0 Å². The molecule has 2 N–H and O–H groups in total. The smallest absolute Gasteiger partial charge is 0.274 e. The highest BCUT2D eigenvalue weighted by Crippen LogP contribution is 2.31. The molecular weight excluding hydrogens is 233 g/mol. The van der Waals surface area contributed by atoms with Gasteiger partial charge in [0, 0.05) is 0 Å². The average Bonchev–Trinajstić information content (AvgIpc) is 2.69. The van der Waals surface area contributed by atoms with E-state index in [0.29, 0.717) is 10.0 Å². The molecule has 2 rings (SSSR count). The number of para-hydroxylation sites is 1. The van der Waals surface area contributed by atoms with Crippen LogP contribution < -0.4 is 10.6 Å². The molecule has 1 aliphatic heterocycles. The zero-order chi connectivity index (χ0) is 10.8. The van der Waals surface area contributed by atoms with Crippen molar-refractivity contribution in [1.82, 2.24) is 10.6 Å². The van der Waals surface area contributed by atoms with Crippen molar-refractivity contribution < 1.29 is 4.58 Å². The Hall–Kier alpha value is -0.930. The van der Waals surface area contributed by atoms with E-state index in [0.717, 1.165) is 24.7 Å². The molecule has 0 radical (unpaired) electrons. The summed E-state index contributed by atoms with van der Waals surface area (Å²) in [6.07, 6.45) is 0. The lowest BCUT2D eigenvalue weighted by Crippen LogP contribution is -2.32. The summed E-state index contributed by atoms with van der Waals surface area (Å²) in [5, 5.41) is 7.74. The number of nitrogens with one attached hydrogen (secondary N) is 2. The van der Waals surface area contributed by atoms with Crippen molar-refractivity contribution in [2.75, 3.05) is 20.1 Å². The maximum Gasteiger partial charge on any atom is 0.350 e. The van der Waals surface area contributed by atoms with Crippen LogP contribution in [0, 0.1) is 0 Å². The minimum absolute atomic E-state index is 0.646. The van der Waals surface area contributed by atoms with Crippen molar-refractivity contribution in [2.24, 2.45) is 0 Å². The molecule has 0 spiro atoms. The first-order valence-electron chi connectivity index (χ1n) is 4.72. The number of rotatable bonds is 1. The van der Waals surface area contributed by atoms with Gasteiger partial charge in [0.15, 0.2) is 0 Å². The largest absolute Gasteiger partial charge is 0.350 e. The van der Waals surface area contributed by atoms with Gasteiger partial charge in [-0.05, 0) is 12.1 Å². The van der Waals surface area contributed by atoms with Gasteiger partial charge in [-0.3, -0.25) is 10.6 Å². The predicted molar refractivity (Wildman–Crippen MR) is 63.3 cm³/mol. The second-order valence-corrected chi connectivity index (χ2v) is 4.15. The molecule has 1 aromatic rings. The fourth-order valence-corrected chi connectivity index (χ4v) is 2.23. The van der Waals surface area contributed by atoms with Gasteiger partial charge in [-0.1, -0.05) is 29.3 Å². The van der Waals surface area contributed by atoms with Crippen LogP contribution in [0.4, 0.5) is 5.69 Å². The van der Waals surface area contributed by atoms with Crippen LogP contribution in [-0.2, 0) is 0 Å². The zero-order valence-corrected chi connectivity index (χ0v) is 9.86. The third-order valence-corrected chi connectivity index (χ3v) is 2.93. The standard InChI is InChI=1S/C10H11Cl2N3/c1-15(10-13-5-6-14-10)9-7(11)3-2-4-8(9)12/h2-4H,5-6H2,1H3,(H,13,14)/p+1. The number of hydrogen-bond acceptors (Lipinski definition) is 0. The average molecular weight is 245 g/mol. The summed E-state index contributed by atoms with van der Waals surface area (Å²) < 4.78 is 1.93. The monoisotopic (exact) mass is 244 g/mol. The van der Waals surface area contributed by atoms with E-state index in [1.165, 1.54) is 0 Å². The normalized spacial score (nSPS) is 14.7. The second kappa shape index (κ2) is 4.29. The zero-order valence-electron chi connectivity index (χ0n) is 8.35. The Bertz CT molecular complexity index is 387. The van der Waals surface area contributed by atoms with Gasteiger partial charge in [-0.2, -0.15) is 0 Å². The summed E-state index contributed by atoms with van der Waals surface area (Å²) in [6.45, 7) is 1.84. The van der Waals surface area contributed by atoms with Crippen molar-refractivity contribution >= 4 is 34.8 Å². The van der Waals surface area contributed by atoms with Crippen molar-refractivity contribution in [3.8, 4) is 0 Å². The van der Waals surface area contributed by atoms with Crippen molar-refractivity contribution in [1.29, 1.82) is 0 Å². The summed E-state index contributed by atoms with van der Waals surface area (Å²) in [7, 11) is 1.92. The van der Waals surface area contributed by atoms with Gasteiger partial charge in [0.25, 0.3) is 0 Å². The molecule has 0 atom stereocenters. The molecular formula is C10H12Cl2N3+. The van der Waals surface area contributed by atoms with Gasteiger partial charge in [0.05, 0.1) is 30.2 Å². The van der Waals surface area contributed by atoms with Crippen LogP contribution in [0.3, 0.4) is 0 Å². The molecule has 1 aliphatic rings. The third-order valence-electron chi connectivity index (χ3n) is 2.32. The highest BCUT2D eigenvalue weighted by atomic mass is 35.5. The summed E-state index contributed by atoms with van der Waals surface area (Å²) >= 11 is 12.2. The van der Waals surface area contributed by atoms with Crippen LogP contribution in [0.1, 0.15) is 0 Å². The summed E-state index contributed by atoms with van der Waals surface area (Å²) in [4.78, 5) is 0. The van der Waals surface area contributed by atoms with Gasteiger partial charge >= 0.3 is 5.96 Å². The Morgan fingerprint density at radius 1 is 1.13 bits per heavy atom. The quantitative estimate of drug-likeness (QED) is 0.738. The van der Waals surface area contributed by atoms with E-state index in [1.54, 1.807) is 0 Å². The molecule has 5 heteroatoms. The topological polar surface area (TPSA) is 27.1 Å². The van der Waals surface area contributed by atoms with Gasteiger partial charge in [-0.25, -0.2) is 4.58 Å². The van der Waals surface area contributed by atoms with E-state index in [4.69, 9.17) is 23.2 Å². The second-order valence-electron chi connectivity index (χ2n) is 3.33. The van der Waals surface area contributed by atoms with Crippen LogP contribution in [0.15, 0.2) is 18.2 Å². The Morgan fingerprint density at radius 2 is 1.67 bits per heavy atom. The molecule has 0 aromatic heterocycles. The molecule has 1 heterocycles. The third kappa shape index (κ3) is 2.03. The van der Waals surface area contributed by atoms with E-state index in [-0.39, 0.29) is 0 Å². The molecule has 0 bridgehead atoms. The molecule has 3 nitrogen and oxygen atoms in total. The molecule has 80 valence electrons. The number of nitrogens with zero attached hydrogens (tertiary/aromatic N) is 1. The van der Waals surface area contributed by atoms with E-state index in [1.807, 2.05) is 29.8 Å². The molecule has 0 unspecified atom stereocenters. The summed E-state index contributed by atoms with van der Waals surface area (Å²) in [5.74, 6) is 0.935. The van der Waals surface area contributed by atoms with Gasteiger partial charge in [0.2, 0.25) is 0 Å². The fourth-order valence-electron chi connectivity index (χ4n) is 1.58. The number of benzene rings is 1. The van der Waals surface area contributed by atoms with Gasteiger partial charge in [0.1, 0.15) is 5.69 Å². The number of hydrogen-bond donors (Lipinski definition) is 2. The van der Waals surface area contributed by atoms with E-state index >= 15 is 0 Å². The number of guanidine groups is 1. The number of halogens is 2. The van der Waals surface area contributed by atoms with Gasteiger partial charge in [-0.15, -0.1) is 0 Å². The van der Waals surface area contributed by atoms with Crippen LogP contribution in [0.5, 0.6) is 0 Å². The molecule has 1 fully saturated rings. The van der Waals surface area contributed by atoms with Crippen molar-refractivity contribution in [3.05, 3.63) is 28.2 Å². The first-order chi connectivity index (χ1) is 7.20. The van der Waals surface area contributed by atoms with E-state index in [9.17, 15) is 0 Å². The maximum absolute atomic E-state index is 6.11. The highest BCUT2D eigenvalue weighted by molar-refractivity contribution is 6.38. The Morgan fingerprint density at radius 3 is 2.20 bits per heavy atom. The Labute approximate surface area is 98.7 Å². The summed E-state index contributed by atoms with van der Waals surface area (Å²) in [5.41, 5.74) is 0.817. The van der Waals surface area contributed by atoms with E-state index < -0.39 is 0 Å². The summed E-state index contributed by atoms with van der Waals surface area (Å²) in [6, 6.07) is 5.49. The fraction of sp³-hybridized carbons (Fsp3) is 0.300. The molecule has 0 aliphatic carbocycles. The first kappa shape index (κ1) is 10.6. The van der Waals surface area contributed by atoms with Crippen molar-refractivity contribution in [3.63, 3.8) is 0 Å². The van der Waals surface area contributed by atoms with Gasteiger partial charge < -0.3 is 0 Å². The van der Waals surface area contributed by atoms with Crippen LogP contribution in [-0.4, -0.2) is 30.7 Å². The van der Waals surface area contributed by atoms with Crippen LogP contribution in [0.2, 0.25) is 10.0 Å². The van der Waals surface area contributed by atoms with Crippen LogP contribution >= 0.6 is 23.2 Å². The lowest BCUT2D eigenvalue weighted by atomic mass is 10.3. The molecule has 0 amide bonds. The highest BCUT2D eigenvalue weighted by Gasteiger charge is 2.19. The lowest BCUT2D eigenvalue weighted by Gasteiger charge is -2.08. The molecule has 1 aromatic carbocycles. The predicted octanol–water partition coefficient (Wildman–Crippen LogP) is 1.82. The van der Waals surface area contributed by atoms with Crippen LogP contribution in [0.25, 0.3) is 0 Å². The Kier molecular flexibility index (Phi) is 3.03. The minimum Gasteiger partial charge on any atom is -0.274 e. The first-order valence-corrected chi connectivity index (χ1v) is 5.48. The molecule has 0 saturated carbocycles.